The van der Waals surface area contributed by atoms with E-state index in [1.807, 2.05) is 0 Å². The summed E-state index contributed by atoms with van der Waals surface area (Å²) in [6, 6.07) is 7.82. The zero-order valence-corrected chi connectivity index (χ0v) is 23.2. The largest absolute Gasteiger partial charge is 0.478 e. The number of hydrogen-bond donors (Lipinski definition) is 2. The van der Waals surface area contributed by atoms with Gasteiger partial charge in [-0.25, -0.2) is 14.2 Å². The van der Waals surface area contributed by atoms with Crippen molar-refractivity contribution in [3.63, 3.8) is 0 Å². The second-order valence-corrected chi connectivity index (χ2v) is 12.2. The lowest BCUT2D eigenvalue weighted by Crippen LogP contribution is -2.20. The Morgan fingerprint density at radius 3 is 2.44 bits per heavy atom. The quantitative estimate of drug-likeness (QED) is 0.250. The average Bonchev–Trinajstić information content (AvgIpc) is 3.25. The summed E-state index contributed by atoms with van der Waals surface area (Å²) < 4.78 is 20.0. The molecule has 2 atom stereocenters. The molecule has 2 N–H and O–H groups in total. The summed E-state index contributed by atoms with van der Waals surface area (Å²) in [5.74, 6) is 0.985. The van der Waals surface area contributed by atoms with Crippen LogP contribution in [0.15, 0.2) is 34.9 Å². The molecule has 0 radical (unpaired) electrons. The van der Waals surface area contributed by atoms with Crippen molar-refractivity contribution in [2.75, 3.05) is 18.0 Å². The van der Waals surface area contributed by atoms with E-state index in [0.29, 0.717) is 37.5 Å². The predicted octanol–water partition coefficient (Wildman–Crippen LogP) is 7.39. The Morgan fingerprint density at radius 1 is 1.13 bits per heavy atom. The van der Waals surface area contributed by atoms with Crippen LogP contribution in [0.1, 0.15) is 59.7 Å². The lowest BCUT2D eigenvalue weighted by molar-refractivity contribution is 0.0696. The molecule has 1 saturated heterocycles. The van der Waals surface area contributed by atoms with Crippen molar-refractivity contribution < 1.29 is 23.9 Å². The fourth-order valence-electron chi connectivity index (χ4n) is 5.69. The van der Waals surface area contributed by atoms with Gasteiger partial charge in [0.05, 0.1) is 26.9 Å². The Kier molecular flexibility index (Phi) is 7.26. The lowest BCUT2D eigenvalue weighted by Gasteiger charge is -2.15. The molecule has 2 aromatic heterocycles. The number of anilines is 1. The SMILES string of the molecule is O=C(O)c1cc(F)c2nc(N3C[C@H]4CCC[C@H]4C3)sc2c1.OCc1c(-c2c(Cl)cccc2Cl)noc1C1CC1. The van der Waals surface area contributed by atoms with Gasteiger partial charge in [-0.1, -0.05) is 52.2 Å². The van der Waals surface area contributed by atoms with E-state index in [4.69, 9.17) is 32.8 Å². The summed E-state index contributed by atoms with van der Waals surface area (Å²) in [7, 11) is 0. The fraction of sp³-hybridized carbons (Fsp3) is 0.393. The van der Waals surface area contributed by atoms with Gasteiger partial charge < -0.3 is 19.6 Å². The standard InChI is InChI=1S/C15H15FN2O2S.C13H11Cl2NO2/c16-11-4-10(14(19)20)5-12-13(11)17-15(21-12)18-6-8-2-1-3-9(8)7-18;14-9-2-1-3-10(15)11(9)12-8(6-17)13(18-16-12)7-4-5-7/h4-5,8-9H,1-3,6-7H2,(H,19,20);1-3,7,17H,4-6H2/t8-,9+;. The van der Waals surface area contributed by atoms with Crippen LogP contribution in [0.2, 0.25) is 10.0 Å². The molecule has 7 nitrogen and oxygen atoms in total. The first-order chi connectivity index (χ1) is 18.8. The highest BCUT2D eigenvalue weighted by molar-refractivity contribution is 7.22. The average molecular weight is 591 g/mol. The topological polar surface area (TPSA) is 99.7 Å². The molecule has 0 bridgehead atoms. The molecule has 0 amide bonds. The highest BCUT2D eigenvalue weighted by Gasteiger charge is 2.37. The zero-order chi connectivity index (χ0) is 27.3. The number of benzene rings is 2. The Morgan fingerprint density at radius 2 is 1.82 bits per heavy atom. The van der Waals surface area contributed by atoms with Crippen molar-refractivity contribution in [2.45, 2.75) is 44.6 Å². The van der Waals surface area contributed by atoms with E-state index in [2.05, 4.69) is 15.0 Å². The number of rotatable bonds is 5. The van der Waals surface area contributed by atoms with Gasteiger partial charge in [-0.15, -0.1) is 0 Å². The van der Waals surface area contributed by atoms with Crippen LogP contribution in [0.3, 0.4) is 0 Å². The number of carbonyl (C=O) groups is 1. The molecule has 2 saturated carbocycles. The molecule has 3 aliphatic rings. The molecule has 1 aliphatic heterocycles. The molecule has 39 heavy (non-hydrogen) atoms. The molecule has 7 rings (SSSR count). The molecular weight excluding hydrogens is 564 g/mol. The van der Waals surface area contributed by atoms with E-state index < -0.39 is 11.8 Å². The number of aromatic carboxylic acids is 1. The normalized spacial score (nSPS) is 20.3. The summed E-state index contributed by atoms with van der Waals surface area (Å²) in [5, 5.41) is 24.4. The van der Waals surface area contributed by atoms with Crippen molar-refractivity contribution in [3.8, 4) is 11.3 Å². The van der Waals surface area contributed by atoms with E-state index in [1.54, 1.807) is 18.2 Å². The van der Waals surface area contributed by atoms with Crippen molar-refractivity contribution in [1.82, 2.24) is 10.1 Å². The summed E-state index contributed by atoms with van der Waals surface area (Å²) in [5.41, 5.74) is 2.15. The van der Waals surface area contributed by atoms with Crippen LogP contribution >= 0.6 is 34.5 Å². The van der Waals surface area contributed by atoms with Crippen LogP contribution in [0.25, 0.3) is 21.5 Å². The highest BCUT2D eigenvalue weighted by atomic mass is 35.5. The van der Waals surface area contributed by atoms with E-state index in [-0.39, 0.29) is 17.7 Å². The molecular formula is C28H26Cl2FN3O4S. The van der Waals surface area contributed by atoms with Crippen LogP contribution in [0.4, 0.5) is 9.52 Å². The van der Waals surface area contributed by atoms with Gasteiger partial charge >= 0.3 is 5.97 Å². The summed E-state index contributed by atoms with van der Waals surface area (Å²) in [6.45, 7) is 1.88. The van der Waals surface area contributed by atoms with Crippen molar-refractivity contribution in [3.05, 3.63) is 63.1 Å². The van der Waals surface area contributed by atoms with Gasteiger partial charge in [0.15, 0.2) is 10.9 Å². The molecule has 3 fully saturated rings. The maximum atomic E-state index is 14.0. The minimum Gasteiger partial charge on any atom is -0.478 e. The van der Waals surface area contributed by atoms with Gasteiger partial charge in [0, 0.05) is 30.1 Å². The Hall–Kier alpha value is -2.72. The van der Waals surface area contributed by atoms with Gasteiger partial charge in [-0.3, -0.25) is 0 Å². The van der Waals surface area contributed by atoms with Gasteiger partial charge in [0.25, 0.3) is 0 Å². The lowest BCUT2D eigenvalue weighted by atomic mass is 10.0. The number of aliphatic hydroxyl groups excluding tert-OH is 1. The van der Waals surface area contributed by atoms with E-state index in [1.165, 1.54) is 36.7 Å². The molecule has 0 unspecified atom stereocenters. The van der Waals surface area contributed by atoms with E-state index >= 15 is 0 Å². The Labute approximate surface area is 238 Å². The monoisotopic (exact) mass is 589 g/mol. The molecule has 3 heterocycles. The number of carboxylic acid groups (broad SMARTS) is 1. The van der Waals surface area contributed by atoms with Gasteiger partial charge in [-0.05, 0) is 61.8 Å². The number of aliphatic hydroxyl groups is 1. The summed E-state index contributed by atoms with van der Waals surface area (Å²) in [6.07, 6.45) is 6.04. The van der Waals surface area contributed by atoms with Crippen molar-refractivity contribution in [1.29, 1.82) is 0 Å². The van der Waals surface area contributed by atoms with Gasteiger partial charge in [0.1, 0.15) is 17.0 Å². The first kappa shape index (κ1) is 26.5. The molecule has 4 aromatic rings. The van der Waals surface area contributed by atoms with Gasteiger partial charge in [-0.2, -0.15) is 0 Å². The number of hydrogen-bond acceptors (Lipinski definition) is 7. The predicted molar refractivity (Wildman–Crippen MR) is 149 cm³/mol. The highest BCUT2D eigenvalue weighted by Crippen LogP contribution is 2.46. The molecule has 0 spiro atoms. The molecule has 2 aliphatic carbocycles. The Bertz CT molecular complexity index is 1520. The van der Waals surface area contributed by atoms with Crippen molar-refractivity contribution >= 4 is 55.9 Å². The maximum absolute atomic E-state index is 14.0. The number of carboxylic acids is 1. The van der Waals surface area contributed by atoms with E-state index in [9.17, 15) is 14.3 Å². The fourth-order valence-corrected chi connectivity index (χ4v) is 7.30. The third-order valence-electron chi connectivity index (χ3n) is 7.81. The maximum Gasteiger partial charge on any atom is 0.335 e. The molecule has 11 heteroatoms. The first-order valence-corrected chi connectivity index (χ1v) is 14.5. The first-order valence-electron chi connectivity index (χ1n) is 13.0. The second-order valence-electron chi connectivity index (χ2n) is 10.4. The van der Waals surface area contributed by atoms with Crippen LogP contribution in [0, 0.1) is 17.7 Å². The number of fused-ring (bicyclic) bond motifs is 2. The summed E-state index contributed by atoms with van der Waals surface area (Å²) >= 11 is 13.7. The second kappa shape index (κ2) is 10.7. The van der Waals surface area contributed by atoms with Crippen LogP contribution in [-0.2, 0) is 6.61 Å². The molecule has 204 valence electrons. The Balaban J connectivity index is 0.000000144. The minimum atomic E-state index is -1.11. The van der Waals surface area contributed by atoms with Crippen molar-refractivity contribution in [2.24, 2.45) is 11.8 Å². The van der Waals surface area contributed by atoms with E-state index in [0.717, 1.165) is 54.7 Å². The smallest absolute Gasteiger partial charge is 0.335 e. The minimum absolute atomic E-state index is 0.0199. The zero-order valence-electron chi connectivity index (χ0n) is 20.9. The number of thiazole rings is 1. The number of aromatic nitrogens is 2. The number of halogens is 3. The van der Waals surface area contributed by atoms with Gasteiger partial charge in [0.2, 0.25) is 0 Å². The third-order valence-corrected chi connectivity index (χ3v) is 9.50. The molecule has 2 aromatic carbocycles. The summed E-state index contributed by atoms with van der Waals surface area (Å²) in [4.78, 5) is 17.6. The number of nitrogens with zero attached hydrogens (tertiary/aromatic N) is 3. The van der Waals surface area contributed by atoms with Crippen LogP contribution in [0.5, 0.6) is 0 Å². The third kappa shape index (κ3) is 5.13. The van der Waals surface area contributed by atoms with Crippen LogP contribution in [-0.4, -0.2) is 39.4 Å². The van der Waals surface area contributed by atoms with Crippen LogP contribution < -0.4 is 4.90 Å².